The molecular formula is C38H38F6N8O7. The van der Waals surface area contributed by atoms with E-state index in [-0.39, 0.29) is 43.5 Å². The van der Waals surface area contributed by atoms with Crippen LogP contribution in [-0.2, 0) is 12.4 Å². The minimum atomic E-state index is -4.86. The second-order valence-electron chi connectivity index (χ2n) is 11.9. The largest absolute Gasteiger partial charge is 0.508 e. The summed E-state index contributed by atoms with van der Waals surface area (Å²) in [5.74, 6) is -1.61. The predicted octanol–water partition coefficient (Wildman–Crippen LogP) is 5.14. The van der Waals surface area contributed by atoms with Crippen molar-refractivity contribution in [1.82, 2.24) is 41.2 Å². The van der Waals surface area contributed by atoms with Crippen molar-refractivity contribution in [2.75, 3.05) is 39.4 Å². The van der Waals surface area contributed by atoms with Gasteiger partial charge in [-0.1, -0.05) is 6.07 Å². The highest BCUT2D eigenvalue weighted by molar-refractivity contribution is 5.97. The quantitative estimate of drug-likeness (QED) is 0.0610. The van der Waals surface area contributed by atoms with Gasteiger partial charge < -0.3 is 35.8 Å². The fraction of sp³-hybridized carbons (Fsp3) is 0.263. The first kappa shape index (κ1) is 44.7. The SMILES string of the molecule is CCOc1ccc(C(=O)NCCNC(=O)c2cn(-c3cccc(O)c3)nc2C(F)(F)F)cc1.CCOc1ccc(C(=O)NCCNC(=O)c2cn[nH]c2C(F)(F)F)cc1. The zero-order valence-corrected chi connectivity index (χ0v) is 31.3. The fourth-order valence-corrected chi connectivity index (χ4v) is 5.03. The number of halogens is 6. The maximum absolute atomic E-state index is 13.4. The number of H-pyrrole nitrogens is 1. The van der Waals surface area contributed by atoms with Crippen LogP contribution >= 0.6 is 0 Å². The van der Waals surface area contributed by atoms with Gasteiger partial charge in [0.15, 0.2) is 11.4 Å². The highest BCUT2D eigenvalue weighted by Gasteiger charge is 2.39. The molecule has 0 aliphatic carbocycles. The molecule has 0 fully saturated rings. The van der Waals surface area contributed by atoms with Gasteiger partial charge in [-0.15, -0.1) is 0 Å². The predicted molar refractivity (Wildman–Crippen MR) is 198 cm³/mol. The van der Waals surface area contributed by atoms with Crippen LogP contribution in [0.25, 0.3) is 5.69 Å². The Balaban J connectivity index is 0.000000268. The molecule has 21 heteroatoms. The van der Waals surface area contributed by atoms with E-state index >= 15 is 0 Å². The summed E-state index contributed by atoms with van der Waals surface area (Å²) in [4.78, 5) is 48.3. The molecule has 0 atom stereocenters. The lowest BCUT2D eigenvalue weighted by atomic mass is 10.2. The molecule has 0 unspecified atom stereocenters. The van der Waals surface area contributed by atoms with Crippen molar-refractivity contribution in [3.8, 4) is 22.9 Å². The van der Waals surface area contributed by atoms with Gasteiger partial charge in [0, 0.05) is 49.6 Å². The summed E-state index contributed by atoms with van der Waals surface area (Å²) >= 11 is 0. The Labute approximate surface area is 332 Å². The number of nitrogens with zero attached hydrogens (tertiary/aromatic N) is 3. The fourth-order valence-electron chi connectivity index (χ4n) is 5.03. The van der Waals surface area contributed by atoms with Crippen LogP contribution in [0.1, 0.15) is 66.7 Å². The third kappa shape index (κ3) is 13.0. The minimum absolute atomic E-state index is 0.000168. The number of carbonyl (C=O) groups excluding carboxylic acids is 4. The summed E-state index contributed by atoms with van der Waals surface area (Å²) in [5.41, 5.74) is -2.93. The van der Waals surface area contributed by atoms with Crippen molar-refractivity contribution in [2.45, 2.75) is 26.2 Å². The van der Waals surface area contributed by atoms with Crippen LogP contribution in [0.3, 0.4) is 0 Å². The van der Waals surface area contributed by atoms with Crippen molar-refractivity contribution >= 4 is 23.6 Å². The van der Waals surface area contributed by atoms with Crippen molar-refractivity contribution < 1.29 is 60.1 Å². The number of aromatic amines is 1. The first-order valence-electron chi connectivity index (χ1n) is 17.7. The highest BCUT2D eigenvalue weighted by Crippen LogP contribution is 2.32. The van der Waals surface area contributed by atoms with E-state index in [1.807, 2.05) is 13.8 Å². The molecule has 0 spiro atoms. The molecule has 0 saturated heterocycles. The lowest BCUT2D eigenvalue weighted by Gasteiger charge is -2.09. The van der Waals surface area contributed by atoms with Gasteiger partial charge in [0.25, 0.3) is 23.6 Å². The van der Waals surface area contributed by atoms with Crippen molar-refractivity contribution in [2.24, 2.45) is 0 Å². The lowest BCUT2D eigenvalue weighted by Crippen LogP contribution is -2.35. The normalized spacial score (nSPS) is 11.1. The van der Waals surface area contributed by atoms with E-state index in [9.17, 15) is 50.6 Å². The molecule has 0 aliphatic heterocycles. The molecule has 4 amide bonds. The van der Waals surface area contributed by atoms with E-state index in [1.54, 1.807) is 53.6 Å². The number of benzene rings is 3. The average molecular weight is 833 g/mol. The molecule has 59 heavy (non-hydrogen) atoms. The zero-order valence-electron chi connectivity index (χ0n) is 31.3. The number of carbonyl (C=O) groups is 4. The number of phenolic OH excluding ortho intramolecular Hbond substituents is 1. The van der Waals surface area contributed by atoms with Crippen LogP contribution < -0.4 is 30.7 Å². The molecule has 6 N–H and O–H groups in total. The third-order valence-electron chi connectivity index (χ3n) is 7.74. The van der Waals surface area contributed by atoms with Crippen LogP contribution in [0.5, 0.6) is 17.2 Å². The van der Waals surface area contributed by atoms with Crippen LogP contribution in [0.2, 0.25) is 0 Å². The van der Waals surface area contributed by atoms with Gasteiger partial charge in [0.1, 0.15) is 17.2 Å². The number of hydrogen-bond acceptors (Lipinski definition) is 9. The second kappa shape index (κ2) is 20.4. The lowest BCUT2D eigenvalue weighted by molar-refractivity contribution is -0.142. The number of phenols is 1. The number of aromatic hydroxyl groups is 1. The summed E-state index contributed by atoms with van der Waals surface area (Å²) in [5, 5.41) is 27.8. The van der Waals surface area contributed by atoms with E-state index in [0.29, 0.717) is 35.8 Å². The smallest absolute Gasteiger partial charge is 0.435 e. The van der Waals surface area contributed by atoms with Crippen LogP contribution in [0.15, 0.2) is 85.2 Å². The van der Waals surface area contributed by atoms with Crippen molar-refractivity contribution in [3.63, 3.8) is 0 Å². The van der Waals surface area contributed by atoms with Gasteiger partial charge in [-0.25, -0.2) is 4.68 Å². The minimum Gasteiger partial charge on any atom is -0.508 e. The number of ether oxygens (including phenoxy) is 2. The number of aromatic nitrogens is 4. The third-order valence-corrected chi connectivity index (χ3v) is 7.74. The Morgan fingerprint density at radius 3 is 1.59 bits per heavy atom. The Kier molecular flexibility index (Phi) is 15.4. The number of hydrogen-bond donors (Lipinski definition) is 6. The maximum atomic E-state index is 13.4. The monoisotopic (exact) mass is 832 g/mol. The molecule has 314 valence electrons. The van der Waals surface area contributed by atoms with Crippen LogP contribution in [0.4, 0.5) is 26.3 Å². The Hall–Kier alpha value is -7.06. The number of nitrogens with one attached hydrogen (secondary N) is 5. The van der Waals surface area contributed by atoms with Crippen molar-refractivity contribution in [1.29, 1.82) is 0 Å². The molecule has 15 nitrogen and oxygen atoms in total. The molecule has 5 rings (SSSR count). The molecule has 3 aromatic carbocycles. The first-order valence-corrected chi connectivity index (χ1v) is 17.7. The molecule has 0 saturated carbocycles. The molecule has 0 radical (unpaired) electrons. The van der Waals surface area contributed by atoms with Gasteiger partial charge in [0.2, 0.25) is 0 Å². The number of alkyl halides is 6. The molecule has 2 heterocycles. The van der Waals surface area contributed by atoms with Gasteiger partial charge in [-0.3, -0.25) is 24.3 Å². The molecule has 0 aliphatic rings. The van der Waals surface area contributed by atoms with Crippen molar-refractivity contribution in [3.05, 3.63) is 119 Å². The first-order chi connectivity index (χ1) is 28.0. The molecule has 2 aromatic heterocycles. The van der Waals surface area contributed by atoms with E-state index in [0.717, 1.165) is 17.1 Å². The Bertz CT molecular complexity index is 2190. The van der Waals surface area contributed by atoms with E-state index in [4.69, 9.17) is 9.47 Å². The summed E-state index contributed by atoms with van der Waals surface area (Å²) < 4.78 is 89.7. The van der Waals surface area contributed by atoms with Gasteiger partial charge in [-0.2, -0.15) is 36.5 Å². The van der Waals surface area contributed by atoms with Crippen LogP contribution in [0, 0.1) is 0 Å². The van der Waals surface area contributed by atoms with Gasteiger partial charge in [0.05, 0.1) is 36.2 Å². The van der Waals surface area contributed by atoms with Crippen LogP contribution in [-0.4, -0.2) is 88.1 Å². The Morgan fingerprint density at radius 1 is 0.678 bits per heavy atom. The molecule has 5 aromatic rings. The number of amides is 4. The number of rotatable bonds is 15. The topological polar surface area (TPSA) is 202 Å². The standard InChI is InChI=1S/C22H21F3N4O4.C16H17F3N4O3/c1-2-33-17-8-6-14(7-9-17)20(31)26-10-11-27-21(32)18-13-29(28-19(18)22(23,24)25)15-4-3-5-16(30)12-15;1-2-26-11-5-3-10(4-6-11)14(24)20-7-8-21-15(25)12-9-22-23-13(12)16(17,18)19/h3-9,12-13,30H,2,10-11H2,1H3,(H,26,31)(H,27,32);3-6,9H,2,7-8H2,1H3,(H,20,24)(H,21,25)(H,22,23). The van der Waals surface area contributed by atoms with E-state index in [2.05, 4.69) is 31.5 Å². The summed E-state index contributed by atoms with van der Waals surface area (Å²) in [6.45, 7) is 4.60. The highest BCUT2D eigenvalue weighted by atomic mass is 19.4. The summed E-state index contributed by atoms with van der Waals surface area (Å²) in [6, 6.07) is 18.3. The summed E-state index contributed by atoms with van der Waals surface area (Å²) in [6.07, 6.45) is -7.83. The summed E-state index contributed by atoms with van der Waals surface area (Å²) in [7, 11) is 0. The maximum Gasteiger partial charge on any atom is 0.435 e. The van der Waals surface area contributed by atoms with Gasteiger partial charge >= 0.3 is 12.4 Å². The average Bonchev–Trinajstić information content (AvgIpc) is 3.89. The molecule has 0 bridgehead atoms. The Morgan fingerprint density at radius 2 is 1.15 bits per heavy atom. The van der Waals surface area contributed by atoms with E-state index in [1.165, 1.54) is 24.3 Å². The van der Waals surface area contributed by atoms with E-state index < -0.39 is 52.6 Å². The zero-order chi connectivity index (χ0) is 43.2. The second-order valence-corrected chi connectivity index (χ2v) is 11.9. The van der Waals surface area contributed by atoms with Gasteiger partial charge in [-0.05, 0) is 74.5 Å². The molecular weight excluding hydrogens is 794 g/mol.